The van der Waals surface area contributed by atoms with Crippen LogP contribution in [-0.2, 0) is 18.4 Å². The van der Waals surface area contributed by atoms with Gasteiger partial charge in [0.15, 0.2) is 0 Å². The zero-order chi connectivity index (χ0) is 14.6. The van der Waals surface area contributed by atoms with Crippen LogP contribution < -0.4 is 0 Å². The summed E-state index contributed by atoms with van der Waals surface area (Å²) in [7, 11) is 1.96. The lowest BCUT2D eigenvalue weighted by Crippen LogP contribution is -2.32. The third-order valence-electron chi connectivity index (χ3n) is 5.16. The normalized spacial score (nSPS) is 28.5. The van der Waals surface area contributed by atoms with E-state index < -0.39 is 5.97 Å². The largest absolute Gasteiger partial charge is 0.481 e. The fourth-order valence-electron chi connectivity index (χ4n) is 4.19. The van der Waals surface area contributed by atoms with Crippen LogP contribution in [0.25, 0.3) is 10.9 Å². The lowest BCUT2D eigenvalue weighted by atomic mass is 9.89. The number of aromatic nitrogens is 2. The monoisotopic (exact) mass is 285 g/mol. The first kappa shape index (κ1) is 12.8. The number of para-hydroxylation sites is 1. The molecule has 2 aromatic rings. The number of carboxylic acids is 1. The number of benzene rings is 1. The molecule has 0 aliphatic carbocycles. The molecule has 1 aromatic heterocycles. The van der Waals surface area contributed by atoms with E-state index in [1.807, 2.05) is 23.9 Å². The Bertz CT molecular complexity index is 709. The third-order valence-corrected chi connectivity index (χ3v) is 5.16. The summed E-state index contributed by atoms with van der Waals surface area (Å²) in [6.07, 6.45) is 2.93. The molecular weight excluding hydrogens is 266 g/mol. The molecule has 2 aliphatic rings. The summed E-state index contributed by atoms with van der Waals surface area (Å²) in [6.45, 7) is 0.764. The van der Waals surface area contributed by atoms with Gasteiger partial charge in [0.1, 0.15) is 0 Å². The lowest BCUT2D eigenvalue weighted by Gasteiger charge is -2.21. The average molecular weight is 285 g/mol. The summed E-state index contributed by atoms with van der Waals surface area (Å²) in [5.41, 5.74) is 2.20. The predicted octanol–water partition coefficient (Wildman–Crippen LogP) is 2.01. The number of carboxylic acid groups (broad SMARTS) is 1. The van der Waals surface area contributed by atoms with Gasteiger partial charge in [-0.05, 0) is 25.3 Å². The van der Waals surface area contributed by atoms with Gasteiger partial charge in [0.2, 0.25) is 0 Å². The van der Waals surface area contributed by atoms with Gasteiger partial charge in [-0.3, -0.25) is 14.4 Å². The summed E-state index contributed by atoms with van der Waals surface area (Å²) in [5.74, 6) is -0.836. The van der Waals surface area contributed by atoms with Crippen molar-refractivity contribution in [3.05, 3.63) is 30.0 Å². The van der Waals surface area contributed by atoms with Gasteiger partial charge in [0.05, 0.1) is 17.1 Å². The van der Waals surface area contributed by atoms with Gasteiger partial charge in [-0.1, -0.05) is 18.2 Å². The van der Waals surface area contributed by atoms with Crippen molar-refractivity contribution >= 4 is 16.9 Å². The van der Waals surface area contributed by atoms with Crippen molar-refractivity contribution in [1.29, 1.82) is 0 Å². The predicted molar refractivity (Wildman–Crippen MR) is 78.8 cm³/mol. The highest BCUT2D eigenvalue weighted by Gasteiger charge is 2.49. The minimum absolute atomic E-state index is 0.188. The number of hydrogen-bond donors (Lipinski definition) is 1. The molecule has 5 nitrogen and oxygen atoms in total. The highest BCUT2D eigenvalue weighted by atomic mass is 16.4. The van der Waals surface area contributed by atoms with Crippen molar-refractivity contribution in [3.8, 4) is 0 Å². The van der Waals surface area contributed by atoms with Gasteiger partial charge in [0, 0.05) is 31.1 Å². The molecule has 3 heterocycles. The summed E-state index contributed by atoms with van der Waals surface area (Å²) in [6, 6.07) is 8.83. The maximum absolute atomic E-state index is 11.4. The SMILES string of the molecule is Cn1nc(CN2C3CCC2C(C(=O)O)C3)c2ccccc21. The van der Waals surface area contributed by atoms with Gasteiger partial charge < -0.3 is 5.11 Å². The van der Waals surface area contributed by atoms with Gasteiger partial charge in [0.25, 0.3) is 0 Å². The molecule has 3 unspecified atom stereocenters. The van der Waals surface area contributed by atoms with Crippen LogP contribution in [0.15, 0.2) is 24.3 Å². The molecule has 0 saturated carbocycles. The number of carbonyl (C=O) groups is 1. The van der Waals surface area contributed by atoms with Crippen LogP contribution in [0, 0.1) is 5.92 Å². The van der Waals surface area contributed by atoms with Crippen LogP contribution in [0.4, 0.5) is 0 Å². The molecule has 2 bridgehead atoms. The fourth-order valence-corrected chi connectivity index (χ4v) is 4.19. The third kappa shape index (κ3) is 1.87. The molecule has 0 radical (unpaired) electrons. The second-order valence-electron chi connectivity index (χ2n) is 6.24. The molecule has 21 heavy (non-hydrogen) atoms. The summed E-state index contributed by atoms with van der Waals surface area (Å²) in [4.78, 5) is 13.7. The van der Waals surface area contributed by atoms with E-state index in [0.29, 0.717) is 6.04 Å². The number of nitrogens with zero attached hydrogens (tertiary/aromatic N) is 3. The standard InChI is InChI=1S/C16H19N3O2/c1-18-14-5-3-2-4-11(14)13(17-18)9-19-10-6-7-15(19)12(8-10)16(20)21/h2-5,10,12,15H,6-9H2,1H3,(H,20,21). The minimum atomic E-state index is -0.641. The van der Waals surface area contributed by atoms with Crippen LogP contribution in [0.1, 0.15) is 25.0 Å². The molecule has 0 spiro atoms. The van der Waals surface area contributed by atoms with E-state index >= 15 is 0 Å². The number of rotatable bonds is 3. The molecule has 0 amide bonds. The Kier molecular flexibility index (Phi) is 2.79. The molecule has 2 aliphatic heterocycles. The summed E-state index contributed by atoms with van der Waals surface area (Å²) < 4.78 is 1.91. The Morgan fingerprint density at radius 1 is 1.38 bits per heavy atom. The van der Waals surface area contributed by atoms with Crippen molar-refractivity contribution in [1.82, 2.24) is 14.7 Å². The molecule has 110 valence electrons. The van der Waals surface area contributed by atoms with Crippen LogP contribution in [-0.4, -0.2) is 37.8 Å². The first-order chi connectivity index (χ1) is 10.1. The van der Waals surface area contributed by atoms with Gasteiger partial charge >= 0.3 is 5.97 Å². The van der Waals surface area contributed by atoms with Crippen LogP contribution >= 0.6 is 0 Å². The molecular formula is C16H19N3O2. The lowest BCUT2D eigenvalue weighted by molar-refractivity contribution is -0.142. The van der Waals surface area contributed by atoms with E-state index in [1.165, 1.54) is 5.39 Å². The van der Waals surface area contributed by atoms with Gasteiger partial charge in [-0.2, -0.15) is 5.10 Å². The topological polar surface area (TPSA) is 58.4 Å². The maximum atomic E-state index is 11.4. The zero-order valence-corrected chi connectivity index (χ0v) is 12.1. The molecule has 5 heteroatoms. The first-order valence-corrected chi connectivity index (χ1v) is 7.54. The average Bonchev–Trinajstić information content (AvgIpc) is 3.13. The minimum Gasteiger partial charge on any atom is -0.481 e. The smallest absolute Gasteiger partial charge is 0.308 e. The maximum Gasteiger partial charge on any atom is 0.308 e. The highest BCUT2D eigenvalue weighted by Crippen LogP contribution is 2.42. The zero-order valence-electron chi connectivity index (χ0n) is 12.1. The van der Waals surface area contributed by atoms with E-state index in [9.17, 15) is 9.90 Å². The van der Waals surface area contributed by atoms with E-state index in [4.69, 9.17) is 0 Å². The van der Waals surface area contributed by atoms with E-state index in [0.717, 1.165) is 37.0 Å². The van der Waals surface area contributed by atoms with E-state index in [2.05, 4.69) is 22.1 Å². The Morgan fingerprint density at radius 3 is 2.95 bits per heavy atom. The Balaban J connectivity index is 1.65. The van der Waals surface area contributed by atoms with Gasteiger partial charge in [-0.15, -0.1) is 0 Å². The number of aryl methyl sites for hydroxylation is 1. The number of fused-ring (bicyclic) bond motifs is 3. The molecule has 1 N–H and O–H groups in total. The quantitative estimate of drug-likeness (QED) is 0.937. The molecule has 2 saturated heterocycles. The number of hydrogen-bond acceptors (Lipinski definition) is 3. The molecule has 1 aromatic carbocycles. The molecule has 3 atom stereocenters. The molecule has 2 fully saturated rings. The summed E-state index contributed by atoms with van der Waals surface area (Å²) in [5, 5.41) is 15.2. The first-order valence-electron chi connectivity index (χ1n) is 7.54. The molecule has 4 rings (SSSR count). The Morgan fingerprint density at radius 2 is 2.19 bits per heavy atom. The fraction of sp³-hybridized carbons (Fsp3) is 0.500. The second-order valence-corrected chi connectivity index (χ2v) is 6.24. The number of aliphatic carboxylic acids is 1. The van der Waals surface area contributed by atoms with Crippen molar-refractivity contribution in [2.24, 2.45) is 13.0 Å². The van der Waals surface area contributed by atoms with Crippen molar-refractivity contribution < 1.29 is 9.90 Å². The van der Waals surface area contributed by atoms with Crippen LogP contribution in [0.2, 0.25) is 0 Å². The van der Waals surface area contributed by atoms with Crippen molar-refractivity contribution in [2.75, 3.05) is 0 Å². The van der Waals surface area contributed by atoms with Gasteiger partial charge in [-0.25, -0.2) is 0 Å². The van der Waals surface area contributed by atoms with Crippen LogP contribution in [0.3, 0.4) is 0 Å². The van der Waals surface area contributed by atoms with Crippen molar-refractivity contribution in [3.63, 3.8) is 0 Å². The summed E-state index contributed by atoms with van der Waals surface area (Å²) >= 11 is 0. The van der Waals surface area contributed by atoms with E-state index in [1.54, 1.807) is 0 Å². The van der Waals surface area contributed by atoms with Crippen molar-refractivity contribution in [2.45, 2.75) is 37.9 Å². The Hall–Kier alpha value is -1.88. The Labute approximate surface area is 123 Å². The van der Waals surface area contributed by atoms with Crippen LogP contribution in [0.5, 0.6) is 0 Å². The highest BCUT2D eigenvalue weighted by molar-refractivity contribution is 5.81. The van der Waals surface area contributed by atoms with E-state index in [-0.39, 0.29) is 12.0 Å². The second kappa shape index (κ2) is 4.56.